The van der Waals surface area contributed by atoms with Crippen molar-refractivity contribution in [1.29, 1.82) is 0 Å². The fourth-order valence-corrected chi connectivity index (χ4v) is 3.41. The van der Waals surface area contributed by atoms with Gasteiger partial charge in [-0.3, -0.25) is 14.2 Å². The zero-order valence-electron chi connectivity index (χ0n) is 11.6. The second kappa shape index (κ2) is 5.32. The fourth-order valence-electron chi connectivity index (χ4n) is 2.38. The maximum atomic E-state index is 12.1. The van der Waals surface area contributed by atoms with Crippen LogP contribution in [0.2, 0.25) is 0 Å². The van der Waals surface area contributed by atoms with Gasteiger partial charge in [-0.15, -0.1) is 0 Å². The van der Waals surface area contributed by atoms with Crippen molar-refractivity contribution in [3.05, 3.63) is 29.2 Å². The van der Waals surface area contributed by atoms with E-state index in [-0.39, 0.29) is 5.91 Å². The third-order valence-electron chi connectivity index (χ3n) is 3.50. The van der Waals surface area contributed by atoms with E-state index in [1.165, 1.54) is 5.56 Å². The lowest BCUT2D eigenvalue weighted by molar-refractivity contribution is -0.116. The molecule has 0 bridgehead atoms. The first-order chi connectivity index (χ1) is 9.65. The van der Waals surface area contributed by atoms with Crippen molar-refractivity contribution in [2.24, 2.45) is 14.1 Å². The lowest BCUT2D eigenvalue weighted by Crippen LogP contribution is -2.16. The van der Waals surface area contributed by atoms with Gasteiger partial charge in [-0.25, -0.2) is 0 Å². The Morgan fingerprint density at radius 2 is 2.25 bits per heavy atom. The van der Waals surface area contributed by atoms with Crippen molar-refractivity contribution in [2.45, 2.75) is 24.3 Å². The minimum atomic E-state index is 0.0221. The maximum Gasteiger partial charge on any atom is 0.225 e. The molecular formula is C13H17N5OS. The van der Waals surface area contributed by atoms with E-state index < -0.39 is 0 Å². The topological polar surface area (TPSA) is 64.7 Å². The summed E-state index contributed by atoms with van der Waals surface area (Å²) < 4.78 is 3.57. The van der Waals surface area contributed by atoms with E-state index in [9.17, 15) is 4.79 Å². The summed E-state index contributed by atoms with van der Waals surface area (Å²) in [5.74, 6) is 2.74. The van der Waals surface area contributed by atoms with E-state index in [1.807, 2.05) is 31.9 Å². The number of hydrogen-bond donors (Lipinski definition) is 1. The number of rotatable bonds is 4. The highest BCUT2D eigenvalue weighted by Crippen LogP contribution is 2.34. The highest BCUT2D eigenvalue weighted by molar-refractivity contribution is 7.98. The van der Waals surface area contributed by atoms with Crippen LogP contribution in [0.1, 0.15) is 23.4 Å². The summed E-state index contributed by atoms with van der Waals surface area (Å²) in [5.41, 5.74) is 3.33. The molecule has 0 unspecified atom stereocenters. The van der Waals surface area contributed by atoms with Crippen LogP contribution < -0.4 is 5.32 Å². The van der Waals surface area contributed by atoms with Crippen LogP contribution in [0, 0.1) is 0 Å². The Kier molecular flexibility index (Phi) is 3.52. The number of aromatic nitrogens is 4. The number of thioether (sulfide) groups is 1. The number of nitrogens with zero attached hydrogens (tertiary/aromatic N) is 4. The summed E-state index contributed by atoms with van der Waals surface area (Å²) in [6.07, 6.45) is 2.89. The first-order valence-corrected chi connectivity index (χ1v) is 7.70. The molecule has 2 aromatic rings. The van der Waals surface area contributed by atoms with E-state index >= 15 is 0 Å². The number of anilines is 1. The number of hydrogen-bond acceptors (Lipinski definition) is 4. The Morgan fingerprint density at radius 1 is 1.40 bits per heavy atom. The summed E-state index contributed by atoms with van der Waals surface area (Å²) in [6, 6.07) is 1.94. The highest BCUT2D eigenvalue weighted by Gasteiger charge is 2.22. The van der Waals surface area contributed by atoms with Gasteiger partial charge < -0.3 is 5.32 Å². The molecule has 6 nitrogen and oxygen atoms in total. The number of carbonyl (C=O) groups excluding carboxylic acids is 1. The molecule has 0 atom stereocenters. The molecule has 0 fully saturated rings. The van der Waals surface area contributed by atoms with Crippen LogP contribution in [0.15, 0.2) is 12.3 Å². The third-order valence-corrected chi connectivity index (χ3v) is 4.47. The number of amides is 1. The highest BCUT2D eigenvalue weighted by atomic mass is 32.2. The van der Waals surface area contributed by atoms with Gasteiger partial charge in [0.2, 0.25) is 5.91 Å². The van der Waals surface area contributed by atoms with E-state index in [0.29, 0.717) is 12.8 Å². The summed E-state index contributed by atoms with van der Waals surface area (Å²) in [4.78, 5) is 12.1. The van der Waals surface area contributed by atoms with Crippen molar-refractivity contribution in [2.75, 3.05) is 5.32 Å². The third kappa shape index (κ3) is 2.45. The summed E-state index contributed by atoms with van der Waals surface area (Å²) in [7, 11) is 3.76. The maximum absolute atomic E-state index is 12.1. The van der Waals surface area contributed by atoms with Crippen LogP contribution in [0.3, 0.4) is 0 Å². The standard InChI is InChI=1S/C13H17N5OS/c1-17-9(5-6-14-17)3-4-12(19)15-13-10-7-20-8-11(10)16-18(13)2/h5-6H,3-4,7-8H2,1-2H3,(H,15,19). The van der Waals surface area contributed by atoms with E-state index in [1.54, 1.807) is 15.6 Å². The fraction of sp³-hybridized carbons (Fsp3) is 0.462. The van der Waals surface area contributed by atoms with E-state index in [4.69, 9.17) is 0 Å². The van der Waals surface area contributed by atoms with Gasteiger partial charge in [-0.2, -0.15) is 22.0 Å². The smallest absolute Gasteiger partial charge is 0.225 e. The molecule has 20 heavy (non-hydrogen) atoms. The normalized spacial score (nSPS) is 13.5. The summed E-state index contributed by atoms with van der Waals surface area (Å²) in [5, 5.41) is 11.5. The first kappa shape index (κ1) is 13.2. The van der Waals surface area contributed by atoms with Gasteiger partial charge in [-0.05, 0) is 12.5 Å². The monoisotopic (exact) mass is 291 g/mol. The molecule has 1 amide bonds. The molecule has 0 radical (unpaired) electrons. The van der Waals surface area contributed by atoms with Crippen LogP contribution in [-0.2, 0) is 36.8 Å². The largest absolute Gasteiger partial charge is 0.311 e. The Balaban J connectivity index is 1.63. The molecule has 0 aromatic carbocycles. The van der Waals surface area contributed by atoms with Crippen LogP contribution in [0.4, 0.5) is 5.82 Å². The van der Waals surface area contributed by atoms with Gasteiger partial charge in [0.1, 0.15) is 5.82 Å². The molecule has 3 rings (SSSR count). The number of fused-ring (bicyclic) bond motifs is 1. The Hall–Kier alpha value is -1.76. The van der Waals surface area contributed by atoms with Crippen molar-refractivity contribution in [3.63, 3.8) is 0 Å². The molecule has 1 aliphatic heterocycles. The number of carbonyl (C=O) groups is 1. The van der Waals surface area contributed by atoms with E-state index in [0.717, 1.165) is 28.7 Å². The number of nitrogens with one attached hydrogen (secondary N) is 1. The van der Waals surface area contributed by atoms with Crippen LogP contribution in [-0.4, -0.2) is 25.5 Å². The predicted octanol–water partition coefficient (Wildman–Crippen LogP) is 1.47. The Bertz CT molecular complexity index is 645. The predicted molar refractivity (Wildman–Crippen MR) is 78.4 cm³/mol. The van der Waals surface area contributed by atoms with Gasteiger partial charge in [0.05, 0.1) is 5.69 Å². The summed E-state index contributed by atoms with van der Waals surface area (Å²) >= 11 is 1.83. The molecule has 7 heteroatoms. The van der Waals surface area contributed by atoms with E-state index in [2.05, 4.69) is 15.5 Å². The Morgan fingerprint density at radius 3 is 3.00 bits per heavy atom. The van der Waals surface area contributed by atoms with Gasteiger partial charge in [0.25, 0.3) is 0 Å². The van der Waals surface area contributed by atoms with Crippen molar-refractivity contribution < 1.29 is 4.79 Å². The molecular weight excluding hydrogens is 274 g/mol. The minimum absolute atomic E-state index is 0.0221. The van der Waals surface area contributed by atoms with Crippen molar-refractivity contribution >= 4 is 23.5 Å². The molecule has 106 valence electrons. The second-order valence-corrected chi connectivity index (χ2v) is 5.87. The van der Waals surface area contributed by atoms with Crippen LogP contribution >= 0.6 is 11.8 Å². The van der Waals surface area contributed by atoms with Gasteiger partial charge >= 0.3 is 0 Å². The van der Waals surface area contributed by atoms with Crippen molar-refractivity contribution in [3.8, 4) is 0 Å². The van der Waals surface area contributed by atoms with Crippen LogP contribution in [0.5, 0.6) is 0 Å². The zero-order chi connectivity index (χ0) is 14.1. The molecule has 0 aliphatic carbocycles. The minimum Gasteiger partial charge on any atom is -0.311 e. The number of aryl methyl sites for hydroxylation is 3. The summed E-state index contributed by atoms with van der Waals surface area (Å²) in [6.45, 7) is 0. The lowest BCUT2D eigenvalue weighted by atomic mass is 10.2. The van der Waals surface area contributed by atoms with Crippen molar-refractivity contribution in [1.82, 2.24) is 19.6 Å². The first-order valence-electron chi connectivity index (χ1n) is 6.54. The molecule has 0 saturated heterocycles. The molecule has 2 aromatic heterocycles. The quantitative estimate of drug-likeness (QED) is 0.926. The van der Waals surface area contributed by atoms with Gasteiger partial charge in [0, 0.05) is 49.5 Å². The second-order valence-electron chi connectivity index (χ2n) is 4.88. The Labute approximate surface area is 121 Å². The molecule has 1 aliphatic rings. The van der Waals surface area contributed by atoms with Gasteiger partial charge in [0.15, 0.2) is 0 Å². The average molecular weight is 291 g/mol. The molecule has 3 heterocycles. The van der Waals surface area contributed by atoms with Gasteiger partial charge in [-0.1, -0.05) is 0 Å². The zero-order valence-corrected chi connectivity index (χ0v) is 12.4. The van der Waals surface area contributed by atoms with Crippen LogP contribution in [0.25, 0.3) is 0 Å². The molecule has 0 saturated carbocycles. The SMILES string of the molecule is Cn1nccc1CCC(=O)Nc1c2c(nn1C)CSC2. The lowest BCUT2D eigenvalue weighted by Gasteiger charge is -2.07. The molecule has 1 N–H and O–H groups in total. The molecule has 0 spiro atoms. The average Bonchev–Trinajstić information content (AvgIpc) is 3.07.